The molecule has 0 spiro atoms. The first-order chi connectivity index (χ1) is 9.60. The number of carbonyl (C=O) groups is 1. The van der Waals surface area contributed by atoms with Gasteiger partial charge in [-0.25, -0.2) is 19.6 Å². The third-order valence-electron chi connectivity index (χ3n) is 3.46. The van der Waals surface area contributed by atoms with Gasteiger partial charge in [-0.3, -0.25) is 0 Å². The number of nitrogens with one attached hydrogen (secondary N) is 1. The molecule has 0 aromatic heterocycles. The van der Waals surface area contributed by atoms with Crippen LogP contribution in [0.1, 0.15) is 11.6 Å². The highest BCUT2D eigenvalue weighted by Crippen LogP contribution is 2.16. The fourth-order valence-electron chi connectivity index (χ4n) is 2.15. The van der Waals surface area contributed by atoms with Crippen LogP contribution in [0, 0.1) is 5.82 Å². The fraction of sp³-hybridized carbons (Fsp3) is 0.500. The summed E-state index contributed by atoms with van der Waals surface area (Å²) in [6.07, 6.45) is 0. The second-order valence-electron chi connectivity index (χ2n) is 4.93. The number of carbonyl (C=O) groups excluding carboxylic acids is 1. The molecular weight excluding hydrogens is 261 g/mol. The molecule has 0 aliphatic carbocycles. The number of halogens is 1. The van der Waals surface area contributed by atoms with Crippen molar-refractivity contribution in [2.24, 2.45) is 0 Å². The van der Waals surface area contributed by atoms with Gasteiger partial charge in [0.05, 0.1) is 7.11 Å². The van der Waals surface area contributed by atoms with E-state index in [1.807, 2.05) is 5.01 Å². The zero-order chi connectivity index (χ0) is 14.5. The van der Waals surface area contributed by atoms with Crippen molar-refractivity contribution in [3.63, 3.8) is 0 Å². The van der Waals surface area contributed by atoms with Crippen LogP contribution in [0.4, 0.5) is 4.39 Å². The summed E-state index contributed by atoms with van der Waals surface area (Å²) in [4.78, 5) is 14.1. The molecule has 1 unspecified atom stereocenters. The Labute approximate surface area is 118 Å². The van der Waals surface area contributed by atoms with Gasteiger partial charge in [0.25, 0.3) is 0 Å². The Morgan fingerprint density at radius 1 is 1.25 bits per heavy atom. The van der Waals surface area contributed by atoms with Gasteiger partial charge in [0, 0.05) is 26.2 Å². The minimum Gasteiger partial charge on any atom is -0.468 e. The minimum absolute atomic E-state index is 0.322. The summed E-state index contributed by atoms with van der Waals surface area (Å²) in [6, 6.07) is 5.28. The van der Waals surface area contributed by atoms with Crippen molar-refractivity contribution in [3.8, 4) is 0 Å². The van der Waals surface area contributed by atoms with Crippen molar-refractivity contribution in [2.45, 2.75) is 6.04 Å². The summed E-state index contributed by atoms with van der Waals surface area (Å²) in [5, 5.41) is 2.00. The van der Waals surface area contributed by atoms with E-state index in [1.54, 1.807) is 12.1 Å². The molecule has 1 atom stereocenters. The van der Waals surface area contributed by atoms with Gasteiger partial charge in [-0.15, -0.1) is 0 Å². The van der Waals surface area contributed by atoms with Crippen LogP contribution in [0.3, 0.4) is 0 Å². The average Bonchev–Trinajstić information content (AvgIpc) is 2.47. The van der Waals surface area contributed by atoms with E-state index < -0.39 is 6.04 Å². The van der Waals surface area contributed by atoms with E-state index in [-0.39, 0.29) is 11.8 Å². The summed E-state index contributed by atoms with van der Waals surface area (Å²) < 4.78 is 17.8. The largest absolute Gasteiger partial charge is 0.468 e. The molecule has 1 saturated heterocycles. The summed E-state index contributed by atoms with van der Waals surface area (Å²) in [5.41, 5.74) is 3.86. The van der Waals surface area contributed by atoms with Crippen LogP contribution in [0.5, 0.6) is 0 Å². The molecule has 1 aromatic carbocycles. The van der Waals surface area contributed by atoms with E-state index in [9.17, 15) is 9.18 Å². The van der Waals surface area contributed by atoms with E-state index >= 15 is 0 Å². The first-order valence-electron chi connectivity index (χ1n) is 6.63. The van der Waals surface area contributed by atoms with Crippen molar-refractivity contribution in [1.29, 1.82) is 0 Å². The molecule has 20 heavy (non-hydrogen) atoms. The van der Waals surface area contributed by atoms with E-state index in [2.05, 4.69) is 17.4 Å². The molecule has 5 nitrogen and oxygen atoms in total. The minimum atomic E-state index is -0.607. The lowest BCUT2D eigenvalue weighted by Gasteiger charge is -2.34. The topological polar surface area (TPSA) is 44.8 Å². The summed E-state index contributed by atoms with van der Waals surface area (Å²) in [5.74, 6) is -0.701. The molecule has 1 fully saturated rings. The second-order valence-corrected chi connectivity index (χ2v) is 4.93. The first kappa shape index (κ1) is 14.9. The van der Waals surface area contributed by atoms with Crippen LogP contribution >= 0.6 is 0 Å². The van der Waals surface area contributed by atoms with Gasteiger partial charge in [-0.1, -0.05) is 12.1 Å². The standard InChI is InChI=1S/C14H20FN3O2/c1-17-7-9-18(10-8-17)16-13(14(19)20-2)11-3-5-12(15)6-4-11/h3-6,13,16H,7-10H2,1-2H3. The quantitative estimate of drug-likeness (QED) is 0.827. The van der Waals surface area contributed by atoms with E-state index in [1.165, 1.54) is 19.2 Å². The zero-order valence-corrected chi connectivity index (χ0v) is 11.8. The fourth-order valence-corrected chi connectivity index (χ4v) is 2.15. The number of ether oxygens (including phenoxy) is 1. The van der Waals surface area contributed by atoms with Crippen molar-refractivity contribution >= 4 is 5.97 Å². The van der Waals surface area contributed by atoms with Gasteiger partial charge in [0.2, 0.25) is 0 Å². The Hall–Kier alpha value is -1.50. The van der Waals surface area contributed by atoms with Gasteiger partial charge in [0.1, 0.15) is 11.9 Å². The van der Waals surface area contributed by atoms with E-state index in [0.717, 1.165) is 26.2 Å². The lowest BCUT2D eigenvalue weighted by atomic mass is 10.1. The molecule has 0 saturated carbocycles. The number of likely N-dealkylation sites (N-methyl/N-ethyl adjacent to an activating group) is 1. The second kappa shape index (κ2) is 6.78. The van der Waals surface area contributed by atoms with E-state index in [0.29, 0.717) is 5.56 Å². The lowest BCUT2D eigenvalue weighted by Crippen LogP contribution is -2.52. The average molecular weight is 281 g/mol. The predicted molar refractivity (Wildman–Crippen MR) is 73.4 cm³/mol. The highest BCUT2D eigenvalue weighted by molar-refractivity contribution is 5.77. The van der Waals surface area contributed by atoms with Crippen molar-refractivity contribution in [1.82, 2.24) is 15.3 Å². The van der Waals surface area contributed by atoms with Crippen molar-refractivity contribution in [2.75, 3.05) is 40.3 Å². The number of hydrazine groups is 1. The molecule has 1 heterocycles. The number of piperazine rings is 1. The predicted octanol–water partition coefficient (Wildman–Crippen LogP) is 0.792. The van der Waals surface area contributed by atoms with Crippen LogP contribution in [0.25, 0.3) is 0 Å². The maximum atomic E-state index is 13.0. The molecule has 6 heteroatoms. The maximum absolute atomic E-state index is 13.0. The zero-order valence-electron chi connectivity index (χ0n) is 11.8. The normalized spacial score (nSPS) is 18.8. The Morgan fingerprint density at radius 3 is 2.40 bits per heavy atom. The monoisotopic (exact) mass is 281 g/mol. The Balaban J connectivity index is 2.08. The molecule has 0 bridgehead atoms. The third-order valence-corrected chi connectivity index (χ3v) is 3.46. The molecule has 1 aliphatic rings. The van der Waals surface area contributed by atoms with Crippen molar-refractivity contribution < 1.29 is 13.9 Å². The Kier molecular flexibility index (Phi) is 5.05. The number of benzene rings is 1. The molecule has 1 aliphatic heterocycles. The summed E-state index contributed by atoms with van der Waals surface area (Å²) in [7, 11) is 3.42. The van der Waals surface area contributed by atoms with Crippen LogP contribution in [-0.4, -0.2) is 56.2 Å². The number of nitrogens with zero attached hydrogens (tertiary/aromatic N) is 2. The smallest absolute Gasteiger partial charge is 0.328 e. The molecule has 0 radical (unpaired) electrons. The van der Waals surface area contributed by atoms with Crippen LogP contribution < -0.4 is 5.43 Å². The third kappa shape index (κ3) is 3.75. The summed E-state index contributed by atoms with van der Waals surface area (Å²) in [6.45, 7) is 3.52. The number of methoxy groups -OCH3 is 1. The van der Waals surface area contributed by atoms with Crippen molar-refractivity contribution in [3.05, 3.63) is 35.6 Å². The lowest BCUT2D eigenvalue weighted by molar-refractivity contribution is -0.145. The molecule has 2 rings (SSSR count). The van der Waals surface area contributed by atoms with Gasteiger partial charge in [-0.05, 0) is 24.7 Å². The molecule has 1 N–H and O–H groups in total. The molecule has 0 amide bonds. The van der Waals surface area contributed by atoms with Crippen LogP contribution in [0.2, 0.25) is 0 Å². The Bertz CT molecular complexity index is 444. The highest BCUT2D eigenvalue weighted by atomic mass is 19.1. The van der Waals surface area contributed by atoms with Gasteiger partial charge < -0.3 is 9.64 Å². The van der Waals surface area contributed by atoms with Crippen LogP contribution in [-0.2, 0) is 9.53 Å². The van der Waals surface area contributed by atoms with Gasteiger partial charge >= 0.3 is 5.97 Å². The number of rotatable bonds is 4. The summed E-state index contributed by atoms with van der Waals surface area (Å²) >= 11 is 0. The first-order valence-corrected chi connectivity index (χ1v) is 6.63. The highest BCUT2D eigenvalue weighted by Gasteiger charge is 2.25. The molecular formula is C14H20FN3O2. The van der Waals surface area contributed by atoms with E-state index in [4.69, 9.17) is 4.74 Å². The number of hydrogen-bond acceptors (Lipinski definition) is 5. The van der Waals surface area contributed by atoms with Gasteiger partial charge in [-0.2, -0.15) is 0 Å². The molecule has 1 aromatic rings. The SMILES string of the molecule is COC(=O)C(NN1CCN(C)CC1)c1ccc(F)cc1. The number of hydrogen-bond donors (Lipinski definition) is 1. The number of esters is 1. The van der Waals surface area contributed by atoms with Gasteiger partial charge in [0.15, 0.2) is 0 Å². The van der Waals surface area contributed by atoms with Crippen LogP contribution in [0.15, 0.2) is 24.3 Å². The molecule has 110 valence electrons. The maximum Gasteiger partial charge on any atom is 0.328 e. The Morgan fingerprint density at radius 2 is 1.85 bits per heavy atom.